The molecule has 30 heavy (non-hydrogen) atoms. The van der Waals surface area contributed by atoms with E-state index in [9.17, 15) is 9.59 Å². The molecule has 1 N–H and O–H groups in total. The lowest BCUT2D eigenvalue weighted by molar-refractivity contribution is -0.894. The van der Waals surface area contributed by atoms with Crippen LogP contribution >= 0.6 is 12.2 Å². The molecule has 0 radical (unpaired) electrons. The SMILES string of the molecule is CC[NH+](CC)CCN=CC1C(=O)N(c2ccccc2)C(=S)N(c2ccccc2)C1=O. The first-order valence-corrected chi connectivity index (χ1v) is 10.6. The number of amides is 2. The van der Waals surface area contributed by atoms with Crippen LogP contribution in [0.25, 0.3) is 0 Å². The van der Waals surface area contributed by atoms with Crippen LogP contribution in [-0.2, 0) is 9.59 Å². The van der Waals surface area contributed by atoms with Gasteiger partial charge in [-0.25, -0.2) is 0 Å². The molecule has 0 bridgehead atoms. The van der Waals surface area contributed by atoms with Crippen LogP contribution in [0.3, 0.4) is 0 Å². The number of carbonyl (C=O) groups is 2. The van der Waals surface area contributed by atoms with E-state index in [-0.39, 0.29) is 16.9 Å². The summed E-state index contributed by atoms with van der Waals surface area (Å²) in [6.07, 6.45) is 1.49. The summed E-state index contributed by atoms with van der Waals surface area (Å²) < 4.78 is 0. The van der Waals surface area contributed by atoms with Gasteiger partial charge >= 0.3 is 0 Å². The van der Waals surface area contributed by atoms with E-state index in [2.05, 4.69) is 18.8 Å². The smallest absolute Gasteiger partial charge is 0.251 e. The summed E-state index contributed by atoms with van der Waals surface area (Å²) in [4.78, 5) is 35.2. The second kappa shape index (κ2) is 10.2. The van der Waals surface area contributed by atoms with Crippen molar-refractivity contribution in [3.63, 3.8) is 0 Å². The van der Waals surface area contributed by atoms with Crippen molar-refractivity contribution in [3.05, 3.63) is 60.7 Å². The number of quaternary nitrogens is 1. The summed E-state index contributed by atoms with van der Waals surface area (Å²) in [7, 11) is 0. The van der Waals surface area contributed by atoms with Gasteiger partial charge in [0.2, 0.25) is 0 Å². The van der Waals surface area contributed by atoms with Crippen LogP contribution in [0.4, 0.5) is 11.4 Å². The largest absolute Gasteiger partial charge is 0.334 e. The number of nitrogens with one attached hydrogen (secondary N) is 1. The predicted octanol–water partition coefficient (Wildman–Crippen LogP) is 1.96. The number of aliphatic imine (C=N–C) groups is 1. The Bertz CT molecular complexity index is 852. The molecule has 6 nitrogen and oxygen atoms in total. The molecular weight excluding hydrogens is 396 g/mol. The predicted molar refractivity (Wildman–Crippen MR) is 124 cm³/mol. The molecule has 7 heteroatoms. The average Bonchev–Trinajstić information content (AvgIpc) is 2.77. The molecule has 0 unspecified atom stereocenters. The molecule has 1 fully saturated rings. The summed E-state index contributed by atoms with van der Waals surface area (Å²) in [5.41, 5.74) is 1.26. The van der Waals surface area contributed by atoms with Crippen molar-refractivity contribution in [1.29, 1.82) is 0 Å². The van der Waals surface area contributed by atoms with Crippen LogP contribution in [0.15, 0.2) is 65.7 Å². The number of rotatable bonds is 8. The first-order chi connectivity index (χ1) is 14.6. The maximum atomic E-state index is 13.3. The van der Waals surface area contributed by atoms with Gasteiger partial charge in [0, 0.05) is 6.21 Å². The molecular formula is C23H27N4O2S+. The quantitative estimate of drug-likeness (QED) is 0.401. The van der Waals surface area contributed by atoms with Gasteiger partial charge in [-0.05, 0) is 50.3 Å². The van der Waals surface area contributed by atoms with Gasteiger partial charge in [0.1, 0.15) is 0 Å². The highest BCUT2D eigenvalue weighted by Crippen LogP contribution is 2.28. The second-order valence-electron chi connectivity index (χ2n) is 7.04. The third kappa shape index (κ3) is 4.63. The minimum Gasteiger partial charge on any atom is -0.334 e. The van der Waals surface area contributed by atoms with Crippen molar-refractivity contribution in [1.82, 2.24) is 0 Å². The highest BCUT2D eigenvalue weighted by Gasteiger charge is 2.44. The van der Waals surface area contributed by atoms with E-state index in [4.69, 9.17) is 12.2 Å². The number of para-hydroxylation sites is 2. The first kappa shape index (κ1) is 21.8. The van der Waals surface area contributed by atoms with Crippen LogP contribution in [0, 0.1) is 5.92 Å². The van der Waals surface area contributed by atoms with Gasteiger partial charge in [-0.15, -0.1) is 0 Å². The lowest BCUT2D eigenvalue weighted by Gasteiger charge is -2.38. The van der Waals surface area contributed by atoms with E-state index in [1.165, 1.54) is 20.9 Å². The Morgan fingerprint density at radius 3 is 1.80 bits per heavy atom. The zero-order chi connectivity index (χ0) is 21.5. The molecule has 1 aliphatic heterocycles. The molecule has 3 rings (SSSR count). The fraction of sp³-hybridized carbons (Fsp3) is 0.304. The lowest BCUT2D eigenvalue weighted by atomic mass is 10.0. The van der Waals surface area contributed by atoms with Gasteiger partial charge in [0.05, 0.1) is 37.6 Å². The Labute approximate surface area is 182 Å². The summed E-state index contributed by atoms with van der Waals surface area (Å²) in [5.74, 6) is -1.76. The van der Waals surface area contributed by atoms with Crippen LogP contribution in [-0.4, -0.2) is 49.3 Å². The molecule has 1 aliphatic rings. The van der Waals surface area contributed by atoms with Gasteiger partial charge in [0.15, 0.2) is 11.0 Å². The molecule has 0 saturated carbocycles. The Kier molecular flexibility index (Phi) is 7.43. The van der Waals surface area contributed by atoms with Crippen molar-refractivity contribution in [3.8, 4) is 0 Å². The topological polar surface area (TPSA) is 57.4 Å². The highest BCUT2D eigenvalue weighted by molar-refractivity contribution is 7.81. The number of carbonyl (C=O) groups excluding carboxylic acids is 2. The standard InChI is InChI=1S/C23H26N4O2S/c1-3-25(4-2)16-15-24-17-20-21(28)26(18-11-7-5-8-12-18)23(30)27(22(20)29)19-13-9-6-10-14-19/h5-14,17,20H,3-4,15-16H2,1-2H3/p+1. The van der Waals surface area contributed by atoms with Crippen molar-refractivity contribution in [2.45, 2.75) is 13.8 Å². The van der Waals surface area contributed by atoms with Crippen LogP contribution in [0.2, 0.25) is 0 Å². The van der Waals surface area contributed by atoms with Gasteiger partial charge < -0.3 is 4.90 Å². The summed E-state index contributed by atoms with van der Waals surface area (Å²) >= 11 is 5.58. The molecule has 2 aromatic carbocycles. The lowest BCUT2D eigenvalue weighted by Crippen LogP contribution is -3.11. The number of likely N-dealkylation sites (N-methyl/N-ethyl adjacent to an activating group) is 1. The van der Waals surface area contributed by atoms with Crippen molar-refractivity contribution in [2.75, 3.05) is 36.0 Å². The Morgan fingerprint density at radius 1 is 0.900 bits per heavy atom. The molecule has 1 heterocycles. The van der Waals surface area contributed by atoms with Crippen LogP contribution in [0.5, 0.6) is 0 Å². The van der Waals surface area contributed by atoms with Crippen molar-refractivity contribution < 1.29 is 14.5 Å². The zero-order valence-electron chi connectivity index (χ0n) is 17.3. The average molecular weight is 424 g/mol. The molecule has 0 aromatic heterocycles. The monoisotopic (exact) mass is 423 g/mol. The molecule has 156 valence electrons. The van der Waals surface area contributed by atoms with Gasteiger partial charge in [-0.3, -0.25) is 24.4 Å². The maximum Gasteiger partial charge on any atom is 0.251 e. The Balaban J connectivity index is 1.92. The van der Waals surface area contributed by atoms with E-state index < -0.39 is 5.92 Å². The third-order valence-corrected chi connectivity index (χ3v) is 5.60. The fourth-order valence-corrected chi connectivity index (χ4v) is 3.83. The van der Waals surface area contributed by atoms with Crippen LogP contribution in [0.1, 0.15) is 13.8 Å². The molecule has 0 spiro atoms. The summed E-state index contributed by atoms with van der Waals surface area (Å²) in [6, 6.07) is 18.3. The number of anilines is 2. The van der Waals surface area contributed by atoms with E-state index >= 15 is 0 Å². The molecule has 0 atom stereocenters. The minimum absolute atomic E-state index is 0.152. The van der Waals surface area contributed by atoms with E-state index in [0.717, 1.165) is 19.6 Å². The normalized spacial score (nSPS) is 15.6. The van der Waals surface area contributed by atoms with Crippen LogP contribution < -0.4 is 14.7 Å². The molecule has 2 aromatic rings. The van der Waals surface area contributed by atoms with Gasteiger partial charge in [-0.1, -0.05) is 36.4 Å². The van der Waals surface area contributed by atoms with Crippen molar-refractivity contribution >= 4 is 46.7 Å². The number of nitrogens with zero attached hydrogens (tertiary/aromatic N) is 3. The molecule has 0 aliphatic carbocycles. The Morgan fingerprint density at radius 2 is 1.37 bits per heavy atom. The second-order valence-corrected chi connectivity index (χ2v) is 7.41. The molecule has 2 amide bonds. The maximum absolute atomic E-state index is 13.3. The summed E-state index contributed by atoms with van der Waals surface area (Å²) in [5, 5.41) is 0.152. The van der Waals surface area contributed by atoms with Gasteiger partial charge in [-0.2, -0.15) is 0 Å². The highest BCUT2D eigenvalue weighted by atomic mass is 32.1. The number of thiocarbonyl (C=S) groups is 1. The third-order valence-electron chi connectivity index (χ3n) is 5.23. The minimum atomic E-state index is -1.01. The fourth-order valence-electron chi connectivity index (χ4n) is 3.44. The van der Waals surface area contributed by atoms with Crippen molar-refractivity contribution in [2.24, 2.45) is 10.9 Å². The first-order valence-electron chi connectivity index (χ1n) is 10.2. The van der Waals surface area contributed by atoms with E-state index in [1.54, 1.807) is 24.3 Å². The number of hydrogen-bond donors (Lipinski definition) is 1. The summed E-state index contributed by atoms with van der Waals surface area (Å²) in [6.45, 7) is 7.73. The zero-order valence-corrected chi connectivity index (χ0v) is 18.1. The van der Waals surface area contributed by atoms with Gasteiger partial charge in [0.25, 0.3) is 11.8 Å². The number of hydrogen-bond acceptors (Lipinski definition) is 4. The van der Waals surface area contributed by atoms with E-state index in [1.807, 2.05) is 36.4 Å². The van der Waals surface area contributed by atoms with E-state index in [0.29, 0.717) is 17.9 Å². The Hall–Kier alpha value is -2.90. The molecule has 1 saturated heterocycles. The number of benzene rings is 2.